The van der Waals surface area contributed by atoms with Crippen LogP contribution >= 0.6 is 11.8 Å². The lowest BCUT2D eigenvalue weighted by molar-refractivity contribution is -0.138. The molecule has 1 spiro atoms. The molecule has 27 heavy (non-hydrogen) atoms. The van der Waals surface area contributed by atoms with Crippen molar-refractivity contribution in [2.75, 3.05) is 25.4 Å². The molecule has 0 bridgehead atoms. The number of likely N-dealkylation sites (tertiary alicyclic amines) is 1. The summed E-state index contributed by atoms with van der Waals surface area (Å²) in [4.78, 5) is 29.6. The Morgan fingerprint density at radius 1 is 1.00 bits per heavy atom. The summed E-state index contributed by atoms with van der Waals surface area (Å²) in [5.41, 5.74) is 0.541. The number of hydrogen-bond acceptors (Lipinski definition) is 3. The van der Waals surface area contributed by atoms with E-state index >= 15 is 0 Å². The predicted octanol–water partition coefficient (Wildman–Crippen LogP) is 3.91. The average Bonchev–Trinajstić information content (AvgIpc) is 3.11. The molecule has 2 aliphatic heterocycles. The molecule has 2 saturated heterocycles. The summed E-state index contributed by atoms with van der Waals surface area (Å²) >= 11 is 1.84. The maximum atomic E-state index is 13.2. The van der Waals surface area contributed by atoms with Gasteiger partial charge in [-0.3, -0.25) is 9.59 Å². The standard InChI is InChI=1S/C21H27FN2O2S/c22-18-8-6-17(7-9-18)20(26)24-14-15-27-21(24)10-12-23(13-11-21)19(25)16-4-2-1-3-5-16/h6-9,16H,1-5,10-15H2. The molecule has 1 aromatic rings. The highest BCUT2D eigenvalue weighted by Crippen LogP contribution is 2.45. The lowest BCUT2D eigenvalue weighted by Crippen LogP contribution is -2.54. The molecule has 2 heterocycles. The van der Waals surface area contributed by atoms with Crippen molar-refractivity contribution in [3.63, 3.8) is 0 Å². The molecule has 0 N–H and O–H groups in total. The third kappa shape index (κ3) is 3.73. The Bertz CT molecular complexity index is 695. The van der Waals surface area contributed by atoms with Gasteiger partial charge in [-0.05, 0) is 49.9 Å². The van der Waals surface area contributed by atoms with E-state index in [1.165, 1.54) is 31.4 Å². The van der Waals surface area contributed by atoms with Gasteiger partial charge in [-0.2, -0.15) is 0 Å². The Balaban J connectivity index is 1.42. The van der Waals surface area contributed by atoms with Crippen LogP contribution in [-0.4, -0.2) is 51.9 Å². The van der Waals surface area contributed by atoms with Crippen molar-refractivity contribution in [1.82, 2.24) is 9.80 Å². The van der Waals surface area contributed by atoms with Crippen molar-refractivity contribution in [1.29, 1.82) is 0 Å². The van der Waals surface area contributed by atoms with Gasteiger partial charge in [0.1, 0.15) is 5.82 Å². The van der Waals surface area contributed by atoms with Crippen LogP contribution in [0.5, 0.6) is 0 Å². The second-order valence-corrected chi connectivity index (χ2v) is 9.38. The van der Waals surface area contributed by atoms with E-state index in [4.69, 9.17) is 0 Å². The summed E-state index contributed by atoms with van der Waals surface area (Å²) < 4.78 is 13.2. The van der Waals surface area contributed by atoms with E-state index in [2.05, 4.69) is 0 Å². The van der Waals surface area contributed by atoms with Crippen LogP contribution < -0.4 is 0 Å². The summed E-state index contributed by atoms with van der Waals surface area (Å²) in [7, 11) is 0. The molecule has 6 heteroatoms. The van der Waals surface area contributed by atoms with Gasteiger partial charge in [0.05, 0.1) is 4.87 Å². The number of carbonyl (C=O) groups is 2. The molecule has 146 valence electrons. The molecule has 4 rings (SSSR count). The van der Waals surface area contributed by atoms with E-state index in [9.17, 15) is 14.0 Å². The first-order valence-corrected chi connectivity index (χ1v) is 11.1. The number of hydrogen-bond donors (Lipinski definition) is 0. The quantitative estimate of drug-likeness (QED) is 0.769. The van der Waals surface area contributed by atoms with Crippen LogP contribution in [0.2, 0.25) is 0 Å². The largest absolute Gasteiger partial charge is 0.342 e. The normalized spacial score (nSPS) is 23.0. The number of amides is 2. The van der Waals surface area contributed by atoms with Gasteiger partial charge in [0.25, 0.3) is 5.91 Å². The van der Waals surface area contributed by atoms with Crippen LogP contribution in [0.1, 0.15) is 55.3 Å². The molecule has 1 saturated carbocycles. The number of nitrogens with zero attached hydrogens (tertiary/aromatic N) is 2. The van der Waals surface area contributed by atoms with Crippen molar-refractivity contribution >= 4 is 23.6 Å². The SMILES string of the molecule is O=C(C1CCCCC1)N1CCC2(CC1)SCCN2C(=O)c1ccc(F)cc1. The summed E-state index contributed by atoms with van der Waals surface area (Å²) in [6.07, 6.45) is 7.30. The molecule has 0 radical (unpaired) electrons. The Morgan fingerprint density at radius 3 is 2.33 bits per heavy atom. The zero-order chi connectivity index (χ0) is 18.9. The van der Waals surface area contributed by atoms with Gasteiger partial charge in [0, 0.05) is 36.9 Å². The molecule has 2 amide bonds. The first-order valence-electron chi connectivity index (χ1n) is 10.1. The van der Waals surface area contributed by atoms with Gasteiger partial charge in [-0.25, -0.2) is 4.39 Å². The summed E-state index contributed by atoms with van der Waals surface area (Å²) in [6.45, 7) is 2.18. The maximum absolute atomic E-state index is 13.2. The minimum absolute atomic E-state index is 0.0212. The second kappa shape index (κ2) is 7.82. The number of halogens is 1. The van der Waals surface area contributed by atoms with Gasteiger partial charge in [-0.1, -0.05) is 19.3 Å². The Hall–Kier alpha value is -1.56. The predicted molar refractivity (Wildman–Crippen MR) is 105 cm³/mol. The summed E-state index contributed by atoms with van der Waals surface area (Å²) in [5.74, 6) is 1.10. The molecule has 4 nitrogen and oxygen atoms in total. The molecule has 0 atom stereocenters. The molecule has 0 unspecified atom stereocenters. The third-order valence-electron chi connectivity index (χ3n) is 6.32. The number of carbonyl (C=O) groups excluding carboxylic acids is 2. The zero-order valence-corrected chi connectivity index (χ0v) is 16.5. The smallest absolute Gasteiger partial charge is 0.254 e. The number of piperidine rings is 1. The van der Waals surface area contributed by atoms with Gasteiger partial charge >= 0.3 is 0 Å². The zero-order valence-electron chi connectivity index (χ0n) is 15.7. The average molecular weight is 391 g/mol. The van der Waals surface area contributed by atoms with Crippen LogP contribution in [-0.2, 0) is 4.79 Å². The summed E-state index contributed by atoms with van der Waals surface area (Å²) in [5, 5.41) is 0. The molecule has 1 aliphatic carbocycles. The molecule has 1 aromatic carbocycles. The topological polar surface area (TPSA) is 40.6 Å². The van der Waals surface area contributed by atoms with Crippen molar-refractivity contribution in [2.45, 2.75) is 49.8 Å². The van der Waals surface area contributed by atoms with Crippen LogP contribution in [0, 0.1) is 11.7 Å². The minimum Gasteiger partial charge on any atom is -0.342 e. The minimum atomic E-state index is -0.327. The highest BCUT2D eigenvalue weighted by Gasteiger charge is 2.47. The third-order valence-corrected chi connectivity index (χ3v) is 7.88. The van der Waals surface area contributed by atoms with Crippen LogP contribution in [0.25, 0.3) is 0 Å². The van der Waals surface area contributed by atoms with Gasteiger partial charge in [0.2, 0.25) is 5.91 Å². The van der Waals surface area contributed by atoms with E-state index in [0.717, 1.165) is 51.1 Å². The number of benzene rings is 1. The van der Waals surface area contributed by atoms with Crippen LogP contribution in [0.15, 0.2) is 24.3 Å². The van der Waals surface area contributed by atoms with E-state index in [1.807, 2.05) is 21.6 Å². The Kier molecular flexibility index (Phi) is 5.44. The first kappa shape index (κ1) is 18.8. The number of rotatable bonds is 2. The van der Waals surface area contributed by atoms with Crippen LogP contribution in [0.3, 0.4) is 0 Å². The fourth-order valence-electron chi connectivity index (χ4n) is 4.74. The van der Waals surface area contributed by atoms with E-state index in [1.54, 1.807) is 12.1 Å². The monoisotopic (exact) mass is 390 g/mol. The van der Waals surface area contributed by atoms with Crippen molar-refractivity contribution in [2.24, 2.45) is 5.92 Å². The van der Waals surface area contributed by atoms with Gasteiger partial charge < -0.3 is 9.80 Å². The Labute approximate surface area is 164 Å². The number of thioether (sulfide) groups is 1. The van der Waals surface area contributed by atoms with Gasteiger partial charge in [0.15, 0.2) is 0 Å². The Morgan fingerprint density at radius 2 is 1.67 bits per heavy atom. The molecule has 0 aromatic heterocycles. The molecular formula is C21H27FN2O2S. The van der Waals surface area contributed by atoms with E-state index in [-0.39, 0.29) is 22.5 Å². The fraction of sp³-hybridized carbons (Fsp3) is 0.619. The highest BCUT2D eigenvalue weighted by atomic mass is 32.2. The second-order valence-electron chi connectivity index (χ2n) is 7.92. The highest BCUT2D eigenvalue weighted by molar-refractivity contribution is 8.00. The lowest BCUT2D eigenvalue weighted by atomic mass is 9.87. The summed E-state index contributed by atoms with van der Waals surface area (Å²) in [6, 6.07) is 5.81. The molecule has 3 aliphatic rings. The first-order chi connectivity index (χ1) is 13.1. The van der Waals surface area contributed by atoms with Gasteiger partial charge in [-0.15, -0.1) is 11.8 Å². The van der Waals surface area contributed by atoms with Crippen molar-refractivity contribution in [3.05, 3.63) is 35.6 Å². The van der Waals surface area contributed by atoms with Crippen molar-refractivity contribution in [3.8, 4) is 0 Å². The van der Waals surface area contributed by atoms with E-state index < -0.39 is 0 Å². The van der Waals surface area contributed by atoms with Crippen LogP contribution in [0.4, 0.5) is 4.39 Å². The lowest BCUT2D eigenvalue weighted by Gasteiger charge is -2.45. The van der Waals surface area contributed by atoms with Crippen molar-refractivity contribution < 1.29 is 14.0 Å². The molecular weight excluding hydrogens is 363 g/mol. The molecule has 3 fully saturated rings. The van der Waals surface area contributed by atoms with E-state index in [0.29, 0.717) is 11.5 Å². The fourth-order valence-corrected chi connectivity index (χ4v) is 6.20. The maximum Gasteiger partial charge on any atom is 0.254 e.